The first-order valence-electron chi connectivity index (χ1n) is 7.68. The van der Waals surface area contributed by atoms with Crippen molar-refractivity contribution in [2.45, 2.75) is 32.1 Å². The van der Waals surface area contributed by atoms with E-state index in [1.54, 1.807) is 5.38 Å². The Morgan fingerprint density at radius 3 is 2.75 bits per heavy atom. The molecule has 7 heteroatoms. The van der Waals surface area contributed by atoms with Crippen LogP contribution in [0.1, 0.15) is 32.1 Å². The van der Waals surface area contributed by atoms with Crippen molar-refractivity contribution < 1.29 is 13.6 Å². The fourth-order valence-electron chi connectivity index (χ4n) is 2.91. The first kappa shape index (κ1) is 16.5. The van der Waals surface area contributed by atoms with Gasteiger partial charge in [0, 0.05) is 10.9 Å². The zero-order chi connectivity index (χ0) is 17.2. The summed E-state index contributed by atoms with van der Waals surface area (Å²) in [5, 5.41) is 13.9. The molecule has 124 valence electrons. The van der Waals surface area contributed by atoms with Crippen molar-refractivity contribution in [1.82, 2.24) is 4.98 Å². The van der Waals surface area contributed by atoms with E-state index >= 15 is 0 Å². The van der Waals surface area contributed by atoms with Crippen molar-refractivity contribution in [1.29, 1.82) is 5.26 Å². The maximum Gasteiger partial charge on any atom is 0.246 e. The van der Waals surface area contributed by atoms with Gasteiger partial charge in [0.25, 0.3) is 0 Å². The van der Waals surface area contributed by atoms with E-state index in [-0.39, 0.29) is 22.3 Å². The Balaban J connectivity index is 1.80. The minimum atomic E-state index is -1.02. The maximum atomic E-state index is 13.8. The lowest BCUT2D eigenvalue weighted by molar-refractivity contribution is -0.124. The second-order valence-corrected chi connectivity index (χ2v) is 6.73. The molecule has 1 saturated carbocycles. The van der Waals surface area contributed by atoms with Crippen molar-refractivity contribution in [3.8, 4) is 17.3 Å². The van der Waals surface area contributed by atoms with Crippen molar-refractivity contribution in [2.75, 3.05) is 5.32 Å². The molecule has 1 aliphatic rings. The number of nitrogens with zero attached hydrogens (tertiary/aromatic N) is 2. The number of carbonyl (C=O) groups excluding carboxylic acids is 1. The molecule has 0 unspecified atom stereocenters. The topological polar surface area (TPSA) is 65.8 Å². The van der Waals surface area contributed by atoms with Crippen LogP contribution >= 0.6 is 11.3 Å². The van der Waals surface area contributed by atoms with Crippen LogP contribution in [-0.4, -0.2) is 10.9 Å². The lowest BCUT2D eigenvalue weighted by Gasteiger charge is -2.28. The Morgan fingerprint density at radius 2 is 2.04 bits per heavy atom. The first-order chi connectivity index (χ1) is 11.5. The average Bonchev–Trinajstić information content (AvgIpc) is 3.06. The molecule has 1 fully saturated rings. The van der Waals surface area contributed by atoms with Crippen LogP contribution in [0.4, 0.5) is 13.9 Å². The molecule has 0 atom stereocenters. The number of nitriles is 1. The van der Waals surface area contributed by atoms with Gasteiger partial charge in [-0.1, -0.05) is 19.3 Å². The van der Waals surface area contributed by atoms with E-state index in [0.29, 0.717) is 12.8 Å². The van der Waals surface area contributed by atoms with E-state index < -0.39 is 17.0 Å². The Kier molecular flexibility index (Phi) is 4.58. The number of hydrogen-bond acceptors (Lipinski definition) is 4. The van der Waals surface area contributed by atoms with E-state index in [1.165, 1.54) is 0 Å². The highest BCUT2D eigenvalue weighted by molar-refractivity contribution is 7.14. The summed E-state index contributed by atoms with van der Waals surface area (Å²) in [6.45, 7) is 0. The third-order valence-corrected chi connectivity index (χ3v) is 5.04. The summed E-state index contributed by atoms with van der Waals surface area (Å²) in [6.07, 6.45) is 3.78. The van der Waals surface area contributed by atoms with Gasteiger partial charge in [-0.05, 0) is 31.0 Å². The number of nitrogens with one attached hydrogen (secondary N) is 1. The van der Waals surface area contributed by atoms with Gasteiger partial charge in [0.15, 0.2) is 5.13 Å². The van der Waals surface area contributed by atoms with Gasteiger partial charge in [0.2, 0.25) is 5.91 Å². The fraction of sp³-hybridized carbons (Fsp3) is 0.353. The highest BCUT2D eigenvalue weighted by Gasteiger charge is 2.40. The Bertz CT molecular complexity index is 806. The van der Waals surface area contributed by atoms with Gasteiger partial charge in [-0.25, -0.2) is 13.8 Å². The summed E-state index contributed by atoms with van der Waals surface area (Å²) >= 11 is 1.12. The summed E-state index contributed by atoms with van der Waals surface area (Å²) in [5.41, 5.74) is -0.727. The second kappa shape index (κ2) is 6.65. The van der Waals surface area contributed by atoms with Crippen LogP contribution in [0, 0.1) is 28.4 Å². The third-order valence-electron chi connectivity index (χ3n) is 4.28. The number of rotatable bonds is 3. The summed E-state index contributed by atoms with van der Waals surface area (Å²) < 4.78 is 27.1. The number of amides is 1. The van der Waals surface area contributed by atoms with Crippen LogP contribution in [0.5, 0.6) is 0 Å². The molecule has 0 spiro atoms. The number of anilines is 1. The summed E-state index contributed by atoms with van der Waals surface area (Å²) in [6, 6.07) is 5.28. The summed E-state index contributed by atoms with van der Waals surface area (Å²) in [7, 11) is 0. The fourth-order valence-corrected chi connectivity index (χ4v) is 3.62. The quantitative estimate of drug-likeness (QED) is 0.889. The van der Waals surface area contributed by atoms with E-state index in [0.717, 1.165) is 48.8 Å². The van der Waals surface area contributed by atoms with Gasteiger partial charge >= 0.3 is 0 Å². The predicted octanol–water partition coefficient (Wildman–Crippen LogP) is 4.50. The molecule has 0 saturated heterocycles. The maximum absolute atomic E-state index is 13.8. The SMILES string of the molecule is N#CC1(C(=O)Nc2nc(-c3cc(F)ccc3F)cs2)CCCCC1. The number of aromatic nitrogens is 1. The van der Waals surface area contributed by atoms with E-state index in [9.17, 15) is 18.8 Å². The minimum Gasteiger partial charge on any atom is -0.301 e. The highest BCUT2D eigenvalue weighted by atomic mass is 32.1. The van der Waals surface area contributed by atoms with E-state index in [1.807, 2.05) is 0 Å². The van der Waals surface area contributed by atoms with Gasteiger partial charge in [-0.15, -0.1) is 11.3 Å². The predicted molar refractivity (Wildman–Crippen MR) is 87.2 cm³/mol. The molecule has 1 N–H and O–H groups in total. The number of hydrogen-bond donors (Lipinski definition) is 1. The molecule has 1 aromatic heterocycles. The molecular weight excluding hydrogens is 332 g/mol. The van der Waals surface area contributed by atoms with Crippen LogP contribution in [0.15, 0.2) is 23.6 Å². The van der Waals surface area contributed by atoms with Crippen LogP contribution < -0.4 is 5.32 Å². The second-order valence-electron chi connectivity index (χ2n) is 5.87. The average molecular weight is 347 g/mol. The Labute approximate surface area is 142 Å². The van der Waals surface area contributed by atoms with Crippen LogP contribution in [-0.2, 0) is 4.79 Å². The van der Waals surface area contributed by atoms with E-state index in [4.69, 9.17) is 0 Å². The van der Waals surface area contributed by atoms with Crippen molar-refractivity contribution in [3.63, 3.8) is 0 Å². The summed E-state index contributed by atoms with van der Waals surface area (Å²) in [5.74, 6) is -1.51. The zero-order valence-electron chi connectivity index (χ0n) is 12.8. The first-order valence-corrected chi connectivity index (χ1v) is 8.56. The summed E-state index contributed by atoms with van der Waals surface area (Å²) in [4.78, 5) is 16.6. The molecule has 0 radical (unpaired) electrons. The number of halogens is 2. The molecule has 1 aromatic carbocycles. The van der Waals surface area contributed by atoms with Crippen LogP contribution in [0.25, 0.3) is 11.3 Å². The lowest BCUT2D eigenvalue weighted by atomic mass is 9.74. The van der Waals surface area contributed by atoms with Gasteiger partial charge in [0.1, 0.15) is 17.0 Å². The largest absolute Gasteiger partial charge is 0.301 e. The van der Waals surface area contributed by atoms with Crippen molar-refractivity contribution >= 4 is 22.4 Å². The smallest absolute Gasteiger partial charge is 0.246 e. The molecule has 1 heterocycles. The third kappa shape index (κ3) is 3.15. The normalized spacial score (nSPS) is 16.4. The number of benzene rings is 1. The lowest BCUT2D eigenvalue weighted by Crippen LogP contribution is -2.36. The standard InChI is InChI=1S/C17H15F2N3OS/c18-11-4-5-13(19)12(8-11)14-9-24-16(21-14)22-15(23)17(10-20)6-2-1-3-7-17/h4-5,8-9H,1-3,6-7H2,(H,21,22,23). The Hall–Kier alpha value is -2.33. The van der Waals surface area contributed by atoms with Gasteiger partial charge in [0.05, 0.1) is 11.8 Å². The molecule has 4 nitrogen and oxygen atoms in total. The van der Waals surface area contributed by atoms with Crippen LogP contribution in [0.3, 0.4) is 0 Å². The van der Waals surface area contributed by atoms with E-state index in [2.05, 4.69) is 16.4 Å². The molecule has 1 amide bonds. The highest BCUT2D eigenvalue weighted by Crippen LogP contribution is 2.37. The molecule has 24 heavy (non-hydrogen) atoms. The molecule has 0 bridgehead atoms. The van der Waals surface area contributed by atoms with Crippen LogP contribution in [0.2, 0.25) is 0 Å². The van der Waals surface area contributed by atoms with Gasteiger partial charge in [-0.3, -0.25) is 4.79 Å². The monoisotopic (exact) mass is 347 g/mol. The number of thiazole rings is 1. The minimum absolute atomic E-state index is 0.0411. The molecular formula is C17H15F2N3OS. The molecule has 1 aliphatic carbocycles. The molecule has 0 aliphatic heterocycles. The molecule has 3 rings (SSSR count). The van der Waals surface area contributed by atoms with Crippen molar-refractivity contribution in [3.05, 3.63) is 35.2 Å². The Morgan fingerprint density at radius 1 is 1.29 bits per heavy atom. The van der Waals surface area contributed by atoms with Gasteiger partial charge in [-0.2, -0.15) is 5.26 Å². The number of carbonyl (C=O) groups is 1. The van der Waals surface area contributed by atoms with Gasteiger partial charge < -0.3 is 5.32 Å². The van der Waals surface area contributed by atoms with Crippen molar-refractivity contribution in [2.24, 2.45) is 5.41 Å². The molecule has 2 aromatic rings. The zero-order valence-corrected chi connectivity index (χ0v) is 13.6.